The zero-order valence-electron chi connectivity index (χ0n) is 11.5. The van der Waals surface area contributed by atoms with Crippen molar-refractivity contribution < 1.29 is 9.59 Å². The minimum atomic E-state index is -0.447. The van der Waals surface area contributed by atoms with Crippen LogP contribution in [0.15, 0.2) is 18.2 Å². The molecular formula is C14H18N2O2S. The number of amides is 1. The van der Waals surface area contributed by atoms with Crippen LogP contribution in [0.2, 0.25) is 0 Å². The number of likely N-dealkylation sites (N-methyl/N-ethyl adjacent to an activating group) is 1. The van der Waals surface area contributed by atoms with Crippen molar-refractivity contribution in [3.05, 3.63) is 23.8 Å². The Morgan fingerprint density at radius 3 is 2.74 bits per heavy atom. The summed E-state index contributed by atoms with van der Waals surface area (Å²) in [5, 5.41) is 0. The summed E-state index contributed by atoms with van der Waals surface area (Å²) in [4.78, 5) is 26.9. The minimum Gasteiger partial charge on any atom is -0.375 e. The van der Waals surface area contributed by atoms with Gasteiger partial charge in [0, 0.05) is 26.3 Å². The number of hydrogen-bond acceptors (Lipinski definition) is 4. The molecule has 0 saturated heterocycles. The van der Waals surface area contributed by atoms with Crippen LogP contribution in [0, 0.1) is 0 Å². The lowest BCUT2D eigenvalue weighted by atomic mass is 10.1. The lowest BCUT2D eigenvalue weighted by Gasteiger charge is -2.20. The predicted molar refractivity (Wildman–Crippen MR) is 80.5 cm³/mol. The molecule has 0 spiro atoms. The van der Waals surface area contributed by atoms with Crippen LogP contribution in [0.5, 0.6) is 0 Å². The standard InChI is InChI=1S/C14H18N2O2S/c1-15(7-4-8-19-3)10-5-6-11-12(9-10)16(2)14(18)13(11)17/h5-6,9H,4,7-8H2,1-3H3. The van der Waals surface area contributed by atoms with Crippen molar-refractivity contribution in [2.75, 3.05) is 42.4 Å². The first-order chi connectivity index (χ1) is 9.06. The van der Waals surface area contributed by atoms with Gasteiger partial charge in [-0.2, -0.15) is 11.8 Å². The highest BCUT2D eigenvalue weighted by Gasteiger charge is 2.33. The molecule has 0 saturated carbocycles. The lowest BCUT2D eigenvalue weighted by Crippen LogP contribution is -2.25. The van der Waals surface area contributed by atoms with Gasteiger partial charge >= 0.3 is 0 Å². The first-order valence-corrected chi connectivity index (χ1v) is 7.62. The normalized spacial score (nSPS) is 13.9. The Morgan fingerprint density at radius 2 is 2.05 bits per heavy atom. The van der Waals surface area contributed by atoms with E-state index in [1.54, 1.807) is 13.1 Å². The quantitative estimate of drug-likeness (QED) is 0.610. The molecule has 1 amide bonds. The predicted octanol–water partition coefficient (Wildman–Crippen LogP) is 2.03. The minimum absolute atomic E-state index is 0.408. The second-order valence-corrected chi connectivity index (χ2v) is 5.65. The van der Waals surface area contributed by atoms with Crippen molar-refractivity contribution in [1.82, 2.24) is 0 Å². The lowest BCUT2D eigenvalue weighted by molar-refractivity contribution is -0.114. The van der Waals surface area contributed by atoms with Crippen LogP contribution in [-0.2, 0) is 4.79 Å². The number of carbonyl (C=O) groups is 2. The van der Waals surface area contributed by atoms with Crippen molar-refractivity contribution in [2.45, 2.75) is 6.42 Å². The van der Waals surface area contributed by atoms with E-state index in [-0.39, 0.29) is 0 Å². The maximum absolute atomic E-state index is 11.7. The topological polar surface area (TPSA) is 40.6 Å². The molecule has 0 N–H and O–H groups in total. The Kier molecular flexibility index (Phi) is 4.14. The molecular weight excluding hydrogens is 260 g/mol. The number of nitrogens with zero attached hydrogens (tertiary/aromatic N) is 2. The Bertz CT molecular complexity index is 516. The third-order valence-electron chi connectivity index (χ3n) is 3.37. The monoisotopic (exact) mass is 278 g/mol. The molecule has 1 aromatic rings. The second-order valence-electron chi connectivity index (χ2n) is 4.66. The average Bonchev–Trinajstić information content (AvgIpc) is 2.64. The van der Waals surface area contributed by atoms with Gasteiger partial charge in [0.2, 0.25) is 0 Å². The first-order valence-electron chi connectivity index (χ1n) is 6.22. The number of rotatable bonds is 5. The Hall–Kier alpha value is -1.49. The maximum atomic E-state index is 11.7. The van der Waals surface area contributed by atoms with Crippen LogP contribution in [0.4, 0.5) is 11.4 Å². The summed E-state index contributed by atoms with van der Waals surface area (Å²) < 4.78 is 0. The van der Waals surface area contributed by atoms with Crippen molar-refractivity contribution >= 4 is 34.8 Å². The van der Waals surface area contributed by atoms with E-state index >= 15 is 0 Å². The fourth-order valence-corrected chi connectivity index (χ4v) is 2.60. The van der Waals surface area contributed by atoms with Crippen molar-refractivity contribution in [3.63, 3.8) is 0 Å². The van der Waals surface area contributed by atoms with Gasteiger partial charge < -0.3 is 9.80 Å². The van der Waals surface area contributed by atoms with Gasteiger partial charge in [-0.3, -0.25) is 9.59 Å². The van der Waals surface area contributed by atoms with Gasteiger partial charge in [-0.05, 0) is 36.6 Å². The molecule has 5 heteroatoms. The van der Waals surface area contributed by atoms with Gasteiger partial charge in [-0.25, -0.2) is 0 Å². The van der Waals surface area contributed by atoms with E-state index in [4.69, 9.17) is 0 Å². The zero-order valence-corrected chi connectivity index (χ0v) is 12.3. The van der Waals surface area contributed by atoms with Gasteiger partial charge in [0.15, 0.2) is 0 Å². The number of anilines is 2. The van der Waals surface area contributed by atoms with Gasteiger partial charge in [0.05, 0.1) is 11.3 Å². The maximum Gasteiger partial charge on any atom is 0.299 e. The summed E-state index contributed by atoms with van der Waals surface area (Å²) >= 11 is 1.84. The highest BCUT2D eigenvalue weighted by atomic mass is 32.2. The number of Topliss-reactive ketones (excluding diaryl/α,β-unsaturated/α-hetero) is 1. The van der Waals surface area contributed by atoms with E-state index in [1.807, 2.05) is 30.9 Å². The zero-order chi connectivity index (χ0) is 14.0. The van der Waals surface area contributed by atoms with Crippen molar-refractivity contribution in [3.8, 4) is 0 Å². The summed E-state index contributed by atoms with van der Waals surface area (Å²) in [6, 6.07) is 5.57. The van der Waals surface area contributed by atoms with Crippen LogP contribution < -0.4 is 9.80 Å². The molecule has 0 radical (unpaired) electrons. The van der Waals surface area contributed by atoms with Gasteiger partial charge in [0.25, 0.3) is 11.7 Å². The van der Waals surface area contributed by atoms with Crippen LogP contribution in [0.3, 0.4) is 0 Å². The third kappa shape index (κ3) is 2.61. The summed E-state index contributed by atoms with van der Waals surface area (Å²) in [5.74, 6) is 0.276. The molecule has 0 atom stereocenters. The molecule has 2 rings (SSSR count). The summed E-state index contributed by atoms with van der Waals surface area (Å²) in [6.45, 7) is 0.964. The summed E-state index contributed by atoms with van der Waals surface area (Å²) in [7, 11) is 3.67. The van der Waals surface area contributed by atoms with E-state index in [2.05, 4.69) is 11.2 Å². The van der Waals surface area contributed by atoms with E-state index < -0.39 is 11.7 Å². The first kappa shape index (κ1) is 13.9. The molecule has 1 aliphatic heterocycles. The van der Waals surface area contributed by atoms with E-state index in [1.165, 1.54) is 4.90 Å². The van der Waals surface area contributed by atoms with Gasteiger partial charge in [-0.15, -0.1) is 0 Å². The molecule has 1 aromatic carbocycles. The number of hydrogen-bond donors (Lipinski definition) is 0. The molecule has 0 bridgehead atoms. The fourth-order valence-electron chi connectivity index (χ4n) is 2.18. The number of benzene rings is 1. The van der Waals surface area contributed by atoms with E-state index in [0.29, 0.717) is 11.3 Å². The average molecular weight is 278 g/mol. The van der Waals surface area contributed by atoms with Gasteiger partial charge in [-0.1, -0.05) is 0 Å². The van der Waals surface area contributed by atoms with Crippen LogP contribution >= 0.6 is 11.8 Å². The molecule has 4 nitrogen and oxygen atoms in total. The Labute approximate surface area is 117 Å². The van der Waals surface area contributed by atoms with E-state index in [9.17, 15) is 9.59 Å². The van der Waals surface area contributed by atoms with Crippen LogP contribution in [0.1, 0.15) is 16.8 Å². The molecule has 0 aromatic heterocycles. The second kappa shape index (κ2) is 5.65. The SMILES string of the molecule is CSCCCN(C)c1ccc2c(c1)N(C)C(=O)C2=O. The fraction of sp³-hybridized carbons (Fsp3) is 0.429. The Balaban J connectivity index is 2.18. The van der Waals surface area contributed by atoms with Crippen molar-refractivity contribution in [1.29, 1.82) is 0 Å². The third-order valence-corrected chi connectivity index (χ3v) is 4.07. The van der Waals surface area contributed by atoms with Crippen LogP contribution in [-0.4, -0.2) is 44.3 Å². The molecule has 0 aliphatic carbocycles. The van der Waals surface area contributed by atoms with Crippen molar-refractivity contribution in [2.24, 2.45) is 0 Å². The number of fused-ring (bicyclic) bond motifs is 1. The number of ketones is 1. The molecule has 0 fully saturated rings. The summed E-state index contributed by atoms with van der Waals surface area (Å²) in [6.07, 6.45) is 3.21. The molecule has 0 unspecified atom stereocenters. The highest BCUT2D eigenvalue weighted by Crippen LogP contribution is 2.31. The Morgan fingerprint density at radius 1 is 1.32 bits per heavy atom. The number of carbonyl (C=O) groups excluding carboxylic acids is 2. The molecule has 102 valence electrons. The summed E-state index contributed by atoms with van der Waals surface area (Å²) in [5.41, 5.74) is 2.26. The highest BCUT2D eigenvalue weighted by molar-refractivity contribution is 7.98. The molecule has 1 aliphatic rings. The smallest absolute Gasteiger partial charge is 0.299 e. The largest absolute Gasteiger partial charge is 0.375 e. The van der Waals surface area contributed by atoms with Crippen LogP contribution in [0.25, 0.3) is 0 Å². The number of thioether (sulfide) groups is 1. The molecule has 19 heavy (non-hydrogen) atoms. The van der Waals surface area contributed by atoms with Gasteiger partial charge in [0.1, 0.15) is 0 Å². The van der Waals surface area contributed by atoms with E-state index in [0.717, 1.165) is 24.4 Å². The molecule has 1 heterocycles.